The van der Waals surface area contributed by atoms with Gasteiger partial charge in [-0.25, -0.2) is 4.98 Å². The molecular formula is C20H23N3O2. The molecular weight excluding hydrogens is 314 g/mol. The van der Waals surface area contributed by atoms with Gasteiger partial charge in [0.15, 0.2) is 0 Å². The lowest BCUT2D eigenvalue weighted by atomic mass is 10.1. The average molecular weight is 337 g/mol. The van der Waals surface area contributed by atoms with E-state index in [2.05, 4.69) is 22.4 Å². The van der Waals surface area contributed by atoms with E-state index in [-0.39, 0.29) is 17.6 Å². The molecule has 0 aliphatic rings. The number of nitrogens with zero attached hydrogens (tertiary/aromatic N) is 2. The molecule has 5 heteroatoms. The number of rotatable bonds is 6. The summed E-state index contributed by atoms with van der Waals surface area (Å²) in [5.41, 5.74) is 3.20. The van der Waals surface area contributed by atoms with Crippen LogP contribution in [0.3, 0.4) is 0 Å². The molecule has 0 saturated heterocycles. The molecule has 1 N–H and O–H groups in total. The molecule has 1 heterocycles. The Labute approximate surface area is 147 Å². The molecule has 0 saturated carbocycles. The van der Waals surface area contributed by atoms with E-state index in [1.807, 2.05) is 49.4 Å². The van der Waals surface area contributed by atoms with Crippen LogP contribution in [0.5, 0.6) is 0 Å². The van der Waals surface area contributed by atoms with Crippen LogP contribution in [0.15, 0.2) is 59.4 Å². The van der Waals surface area contributed by atoms with Gasteiger partial charge in [0.05, 0.1) is 29.7 Å². The van der Waals surface area contributed by atoms with Gasteiger partial charge >= 0.3 is 0 Å². The van der Waals surface area contributed by atoms with E-state index in [9.17, 15) is 4.79 Å². The smallest absolute Gasteiger partial charge is 0.274 e. The van der Waals surface area contributed by atoms with Crippen LogP contribution in [-0.4, -0.2) is 23.3 Å². The zero-order chi connectivity index (χ0) is 17.8. The van der Waals surface area contributed by atoms with E-state index >= 15 is 0 Å². The Morgan fingerprint density at radius 1 is 1.12 bits per heavy atom. The second-order valence-corrected chi connectivity index (χ2v) is 6.16. The van der Waals surface area contributed by atoms with Crippen molar-refractivity contribution in [2.45, 2.75) is 19.0 Å². The third kappa shape index (κ3) is 3.62. The Kier molecular flexibility index (Phi) is 5.26. The van der Waals surface area contributed by atoms with Gasteiger partial charge in [0.2, 0.25) is 0 Å². The van der Waals surface area contributed by atoms with Crippen molar-refractivity contribution in [3.8, 4) is 0 Å². The Bertz CT molecular complexity index is 906. The number of ether oxygens (including phenoxy) is 1. The largest absolute Gasteiger partial charge is 0.383 e. The lowest BCUT2D eigenvalue weighted by Gasteiger charge is -2.23. The number of benzene rings is 2. The highest BCUT2D eigenvalue weighted by molar-refractivity contribution is 5.74. The minimum Gasteiger partial charge on any atom is -0.383 e. The van der Waals surface area contributed by atoms with Crippen LogP contribution >= 0.6 is 0 Å². The predicted molar refractivity (Wildman–Crippen MR) is 99.6 cm³/mol. The van der Waals surface area contributed by atoms with Gasteiger partial charge in [-0.1, -0.05) is 42.5 Å². The standard InChI is InChI=1S/C20H23N3O2/c1-14(21-17(13-25-3)15-9-5-4-6-10-15)19-20(24)23(2)18-12-8-7-11-16(18)22-19/h4-12,14,17,21H,13H2,1-3H3/t14?,17-/m0/s1. The van der Waals surface area contributed by atoms with Crippen LogP contribution in [0.4, 0.5) is 0 Å². The summed E-state index contributed by atoms with van der Waals surface area (Å²) in [6.07, 6.45) is 0. The molecule has 130 valence electrons. The predicted octanol–water partition coefficient (Wildman–Crippen LogP) is 2.97. The van der Waals surface area contributed by atoms with Crippen molar-refractivity contribution in [3.05, 3.63) is 76.2 Å². The Hall–Kier alpha value is -2.50. The van der Waals surface area contributed by atoms with Gasteiger partial charge in [-0.15, -0.1) is 0 Å². The first-order chi connectivity index (χ1) is 12.1. The monoisotopic (exact) mass is 337 g/mol. The summed E-state index contributed by atoms with van der Waals surface area (Å²) in [4.78, 5) is 17.3. The van der Waals surface area contributed by atoms with Crippen molar-refractivity contribution in [2.24, 2.45) is 7.05 Å². The molecule has 3 rings (SSSR count). The maximum Gasteiger partial charge on any atom is 0.274 e. The number of aryl methyl sites for hydroxylation is 1. The maximum absolute atomic E-state index is 12.7. The molecule has 0 fully saturated rings. The van der Waals surface area contributed by atoms with Crippen molar-refractivity contribution in [1.29, 1.82) is 0 Å². The Morgan fingerprint density at radius 2 is 1.80 bits per heavy atom. The summed E-state index contributed by atoms with van der Waals surface area (Å²) >= 11 is 0. The van der Waals surface area contributed by atoms with Crippen molar-refractivity contribution in [2.75, 3.05) is 13.7 Å². The lowest BCUT2D eigenvalue weighted by molar-refractivity contribution is 0.161. The highest BCUT2D eigenvalue weighted by Crippen LogP contribution is 2.19. The molecule has 0 aliphatic carbocycles. The third-order valence-electron chi connectivity index (χ3n) is 4.40. The van der Waals surface area contributed by atoms with Gasteiger partial charge in [0, 0.05) is 14.2 Å². The first-order valence-electron chi connectivity index (χ1n) is 8.37. The van der Waals surface area contributed by atoms with Crippen molar-refractivity contribution >= 4 is 11.0 Å². The van der Waals surface area contributed by atoms with Crippen LogP contribution in [0.1, 0.15) is 30.3 Å². The van der Waals surface area contributed by atoms with E-state index in [1.54, 1.807) is 18.7 Å². The first-order valence-corrected chi connectivity index (χ1v) is 8.37. The van der Waals surface area contributed by atoms with Gasteiger partial charge in [-0.2, -0.15) is 0 Å². The maximum atomic E-state index is 12.7. The van der Waals surface area contributed by atoms with E-state index < -0.39 is 0 Å². The molecule has 1 unspecified atom stereocenters. The van der Waals surface area contributed by atoms with E-state index in [4.69, 9.17) is 4.74 Å². The highest BCUT2D eigenvalue weighted by Gasteiger charge is 2.20. The van der Waals surface area contributed by atoms with Crippen molar-refractivity contribution < 1.29 is 4.74 Å². The Balaban J connectivity index is 1.94. The number of aromatic nitrogens is 2. The minimum absolute atomic E-state index is 0.0147. The topological polar surface area (TPSA) is 56.1 Å². The molecule has 1 aromatic heterocycles. The number of hydrogen-bond acceptors (Lipinski definition) is 4. The summed E-state index contributed by atoms with van der Waals surface area (Å²) in [7, 11) is 3.46. The highest BCUT2D eigenvalue weighted by atomic mass is 16.5. The molecule has 2 atom stereocenters. The van der Waals surface area contributed by atoms with Gasteiger partial charge in [-0.3, -0.25) is 10.1 Å². The summed E-state index contributed by atoms with van der Waals surface area (Å²) < 4.78 is 7.01. The zero-order valence-corrected chi connectivity index (χ0v) is 14.8. The number of para-hydroxylation sites is 2. The lowest BCUT2D eigenvalue weighted by Crippen LogP contribution is -2.34. The fraction of sp³-hybridized carbons (Fsp3) is 0.300. The number of nitrogens with one attached hydrogen (secondary N) is 1. The van der Waals surface area contributed by atoms with E-state index in [0.29, 0.717) is 12.3 Å². The Morgan fingerprint density at radius 3 is 2.52 bits per heavy atom. The van der Waals surface area contributed by atoms with Crippen LogP contribution in [0.25, 0.3) is 11.0 Å². The van der Waals surface area contributed by atoms with Crippen LogP contribution < -0.4 is 10.9 Å². The molecule has 0 aliphatic heterocycles. The quantitative estimate of drug-likeness (QED) is 0.751. The van der Waals surface area contributed by atoms with Crippen LogP contribution in [0.2, 0.25) is 0 Å². The molecule has 2 aromatic carbocycles. The van der Waals surface area contributed by atoms with Crippen LogP contribution in [0, 0.1) is 0 Å². The first kappa shape index (κ1) is 17.3. The molecule has 25 heavy (non-hydrogen) atoms. The summed E-state index contributed by atoms with van der Waals surface area (Å²) in [5, 5.41) is 3.48. The van der Waals surface area contributed by atoms with Crippen LogP contribution in [-0.2, 0) is 11.8 Å². The summed E-state index contributed by atoms with van der Waals surface area (Å²) in [6, 6.07) is 17.5. The van der Waals surface area contributed by atoms with E-state index in [1.165, 1.54) is 0 Å². The summed E-state index contributed by atoms with van der Waals surface area (Å²) in [5.74, 6) is 0. The van der Waals surface area contributed by atoms with Gasteiger partial charge in [-0.05, 0) is 24.6 Å². The van der Waals surface area contributed by atoms with Crippen molar-refractivity contribution in [1.82, 2.24) is 14.9 Å². The molecule has 0 bridgehead atoms. The second-order valence-electron chi connectivity index (χ2n) is 6.16. The number of methoxy groups -OCH3 is 1. The zero-order valence-electron chi connectivity index (χ0n) is 14.8. The van der Waals surface area contributed by atoms with Gasteiger partial charge < -0.3 is 9.30 Å². The van der Waals surface area contributed by atoms with Gasteiger partial charge in [0.1, 0.15) is 5.69 Å². The number of fused-ring (bicyclic) bond motifs is 1. The SMILES string of the molecule is COC[C@H](NC(C)c1nc2ccccc2n(C)c1=O)c1ccccc1. The van der Waals surface area contributed by atoms with E-state index in [0.717, 1.165) is 16.6 Å². The fourth-order valence-electron chi connectivity index (χ4n) is 3.06. The molecule has 0 spiro atoms. The molecule has 3 aromatic rings. The fourth-order valence-corrected chi connectivity index (χ4v) is 3.06. The average Bonchev–Trinajstić information content (AvgIpc) is 2.65. The normalized spacial score (nSPS) is 13.7. The molecule has 0 radical (unpaired) electrons. The third-order valence-corrected chi connectivity index (χ3v) is 4.40. The number of hydrogen-bond donors (Lipinski definition) is 1. The second kappa shape index (κ2) is 7.59. The molecule has 5 nitrogen and oxygen atoms in total. The van der Waals surface area contributed by atoms with Gasteiger partial charge in [0.25, 0.3) is 5.56 Å². The minimum atomic E-state index is -0.205. The van der Waals surface area contributed by atoms with Crippen molar-refractivity contribution in [3.63, 3.8) is 0 Å². The summed E-state index contributed by atoms with van der Waals surface area (Å²) in [6.45, 7) is 2.48. The molecule has 0 amide bonds.